The van der Waals surface area contributed by atoms with Gasteiger partial charge in [0.05, 0.1) is 4.90 Å². The van der Waals surface area contributed by atoms with Crippen molar-refractivity contribution in [3.63, 3.8) is 0 Å². The van der Waals surface area contributed by atoms with Crippen LogP contribution in [0.2, 0.25) is 0 Å². The number of hydrogen-bond acceptors (Lipinski definition) is 4. The zero-order valence-electron chi connectivity index (χ0n) is 13.4. The maximum atomic E-state index is 12.8. The monoisotopic (exact) mass is 363 g/mol. The van der Waals surface area contributed by atoms with E-state index in [0.29, 0.717) is 13.0 Å². The molecule has 0 bridgehead atoms. The number of alkyl carbamates (subject to hydrolysis) is 1. The topological polar surface area (TPSA) is 72.5 Å². The Balaban J connectivity index is 1.68. The number of benzene rings is 2. The lowest BCUT2D eigenvalue weighted by atomic mass is 10.2. The summed E-state index contributed by atoms with van der Waals surface area (Å²) in [5, 5.41) is 2.63. The van der Waals surface area contributed by atoms with E-state index in [0.717, 1.165) is 11.1 Å². The molecule has 1 amide bonds. The first-order chi connectivity index (χ1) is 11.9. The summed E-state index contributed by atoms with van der Waals surface area (Å²) in [4.78, 5) is 11.2. The molecule has 1 N–H and O–H groups in total. The number of ether oxygens (including phenoxy) is 1. The third-order valence-electron chi connectivity index (χ3n) is 3.27. The molecule has 0 unspecified atom stereocenters. The molecule has 7 heteroatoms. The molecule has 2 rings (SSSR count). The third kappa shape index (κ3) is 6.76. The predicted molar refractivity (Wildman–Crippen MR) is 93.0 cm³/mol. The van der Waals surface area contributed by atoms with E-state index < -0.39 is 16.3 Å². The highest BCUT2D eigenvalue weighted by molar-refractivity contribution is 7.86. The Labute approximate surface area is 146 Å². The molecule has 0 saturated carbocycles. The zero-order chi connectivity index (χ0) is 18.1. The second-order valence-corrected chi connectivity index (χ2v) is 6.53. The van der Waals surface area contributed by atoms with Crippen molar-refractivity contribution in [2.24, 2.45) is 0 Å². The van der Waals surface area contributed by atoms with E-state index in [4.69, 9.17) is 4.74 Å². The first-order valence-corrected chi connectivity index (χ1v) is 8.99. The van der Waals surface area contributed by atoms with Crippen molar-refractivity contribution < 1.29 is 21.8 Å². The molecule has 0 fully saturated rings. The molecule has 2 aromatic carbocycles. The van der Waals surface area contributed by atoms with Crippen LogP contribution in [-0.4, -0.2) is 21.1 Å². The van der Waals surface area contributed by atoms with Crippen LogP contribution >= 0.6 is 0 Å². The minimum Gasteiger partial charge on any atom is -0.445 e. The molecule has 0 aliphatic carbocycles. The average Bonchev–Trinajstić information content (AvgIpc) is 2.60. The largest absolute Gasteiger partial charge is 0.445 e. The lowest BCUT2D eigenvalue weighted by Gasteiger charge is -2.05. The normalized spacial score (nSPS) is 11.4. The fourth-order valence-corrected chi connectivity index (χ4v) is 2.45. The second kappa shape index (κ2) is 8.98. The van der Waals surface area contributed by atoms with E-state index in [9.17, 15) is 17.1 Å². The van der Waals surface area contributed by atoms with Gasteiger partial charge in [-0.25, -0.2) is 4.79 Å². The van der Waals surface area contributed by atoms with Crippen LogP contribution in [0.4, 0.5) is 8.68 Å². The van der Waals surface area contributed by atoms with Crippen molar-refractivity contribution in [2.75, 3.05) is 6.54 Å². The Bertz CT molecular complexity index is 818. The summed E-state index contributed by atoms with van der Waals surface area (Å²) >= 11 is 0. The van der Waals surface area contributed by atoms with Gasteiger partial charge < -0.3 is 10.1 Å². The molecule has 0 aromatic heterocycles. The molecule has 0 atom stereocenters. The first kappa shape index (κ1) is 18.7. The van der Waals surface area contributed by atoms with Gasteiger partial charge >= 0.3 is 16.3 Å². The molecule has 25 heavy (non-hydrogen) atoms. The minimum absolute atomic E-state index is 0.215. The summed E-state index contributed by atoms with van der Waals surface area (Å²) in [6.45, 7) is 0.618. The highest BCUT2D eigenvalue weighted by Crippen LogP contribution is 2.13. The lowest BCUT2D eigenvalue weighted by molar-refractivity contribution is 0.140. The number of carbonyl (C=O) groups is 1. The third-order valence-corrected chi connectivity index (χ3v) is 4.10. The standard InChI is InChI=1S/C18H18FNO4S/c19-25(22,23)17-11-9-15(10-12-17)6-4-5-13-20-18(21)24-14-16-7-2-1-3-8-16/h1-4,6-12H,5,13-14H2,(H,20,21). The van der Waals surface area contributed by atoms with Gasteiger partial charge in [0.1, 0.15) is 6.61 Å². The van der Waals surface area contributed by atoms with Gasteiger partial charge in [0.15, 0.2) is 0 Å². The van der Waals surface area contributed by atoms with Gasteiger partial charge in [0, 0.05) is 6.54 Å². The average molecular weight is 363 g/mol. The minimum atomic E-state index is -4.67. The van der Waals surface area contributed by atoms with Crippen LogP contribution in [0.15, 0.2) is 65.6 Å². The van der Waals surface area contributed by atoms with Crippen molar-refractivity contribution >= 4 is 22.4 Å². The maximum Gasteiger partial charge on any atom is 0.407 e. The lowest BCUT2D eigenvalue weighted by Crippen LogP contribution is -2.24. The van der Waals surface area contributed by atoms with Crippen molar-refractivity contribution in [2.45, 2.75) is 17.9 Å². The molecule has 0 aliphatic rings. The Morgan fingerprint density at radius 2 is 1.76 bits per heavy atom. The van der Waals surface area contributed by atoms with Crippen LogP contribution in [0.3, 0.4) is 0 Å². The molecule has 5 nitrogen and oxygen atoms in total. The van der Waals surface area contributed by atoms with Gasteiger partial charge in [-0.1, -0.05) is 54.6 Å². The van der Waals surface area contributed by atoms with Crippen molar-refractivity contribution in [3.05, 3.63) is 71.8 Å². The van der Waals surface area contributed by atoms with Crippen LogP contribution in [-0.2, 0) is 21.6 Å². The fraction of sp³-hybridized carbons (Fsp3) is 0.167. The van der Waals surface area contributed by atoms with Crippen molar-refractivity contribution in [3.8, 4) is 0 Å². The summed E-state index contributed by atoms with van der Waals surface area (Å²) < 4.78 is 39.3. The van der Waals surface area contributed by atoms with Gasteiger partial charge in [-0.05, 0) is 29.7 Å². The van der Waals surface area contributed by atoms with E-state index in [1.54, 1.807) is 6.08 Å². The smallest absolute Gasteiger partial charge is 0.407 e. The van der Waals surface area contributed by atoms with E-state index in [2.05, 4.69) is 5.32 Å². The molecule has 2 aromatic rings. The summed E-state index contributed by atoms with van der Waals surface area (Å²) in [5.74, 6) is 0. The van der Waals surface area contributed by atoms with Crippen LogP contribution in [0.1, 0.15) is 17.5 Å². The van der Waals surface area contributed by atoms with Crippen LogP contribution < -0.4 is 5.32 Å². The number of rotatable bonds is 7. The Kier molecular flexibility index (Phi) is 6.71. The van der Waals surface area contributed by atoms with Gasteiger partial charge in [-0.3, -0.25) is 0 Å². The molecule has 0 heterocycles. The van der Waals surface area contributed by atoms with E-state index in [-0.39, 0.29) is 11.5 Å². The molecule has 0 spiro atoms. The number of halogens is 1. The summed E-state index contributed by atoms with van der Waals surface area (Å²) in [6, 6.07) is 14.8. The fourth-order valence-electron chi connectivity index (χ4n) is 1.99. The van der Waals surface area contributed by atoms with Crippen LogP contribution in [0, 0.1) is 0 Å². The Morgan fingerprint density at radius 1 is 1.08 bits per heavy atom. The first-order valence-electron chi connectivity index (χ1n) is 7.61. The summed E-state index contributed by atoms with van der Waals surface area (Å²) in [6.07, 6.45) is 3.65. The zero-order valence-corrected chi connectivity index (χ0v) is 14.2. The molecule has 0 aliphatic heterocycles. The number of nitrogens with one attached hydrogen (secondary N) is 1. The van der Waals surface area contributed by atoms with Gasteiger partial charge in [0.2, 0.25) is 0 Å². The maximum absolute atomic E-state index is 12.8. The summed E-state index contributed by atoms with van der Waals surface area (Å²) in [7, 11) is -4.67. The van der Waals surface area contributed by atoms with Gasteiger partial charge in [-0.2, -0.15) is 8.42 Å². The van der Waals surface area contributed by atoms with Gasteiger partial charge in [-0.15, -0.1) is 3.89 Å². The highest BCUT2D eigenvalue weighted by atomic mass is 32.3. The van der Waals surface area contributed by atoms with E-state index in [1.807, 2.05) is 36.4 Å². The summed E-state index contributed by atoms with van der Waals surface area (Å²) in [5.41, 5.74) is 1.65. The van der Waals surface area contributed by atoms with Crippen molar-refractivity contribution in [1.29, 1.82) is 0 Å². The SMILES string of the molecule is O=C(NCCC=Cc1ccc(S(=O)(=O)F)cc1)OCc1ccccc1. The number of amides is 1. The van der Waals surface area contributed by atoms with Crippen molar-refractivity contribution in [1.82, 2.24) is 5.32 Å². The Hall–Kier alpha value is -2.67. The predicted octanol–water partition coefficient (Wildman–Crippen LogP) is 3.67. The molecule has 0 saturated heterocycles. The molecular formula is C18H18FNO4S. The Morgan fingerprint density at radius 3 is 2.40 bits per heavy atom. The number of carbonyl (C=O) groups excluding carboxylic acids is 1. The van der Waals surface area contributed by atoms with Gasteiger partial charge in [0.25, 0.3) is 0 Å². The van der Waals surface area contributed by atoms with E-state index >= 15 is 0 Å². The highest BCUT2D eigenvalue weighted by Gasteiger charge is 2.10. The number of hydrogen-bond donors (Lipinski definition) is 1. The molecule has 132 valence electrons. The second-order valence-electron chi connectivity index (χ2n) is 5.19. The van der Waals surface area contributed by atoms with E-state index in [1.165, 1.54) is 24.3 Å². The van der Waals surface area contributed by atoms with Crippen LogP contribution in [0.25, 0.3) is 6.08 Å². The molecule has 0 radical (unpaired) electrons. The quantitative estimate of drug-likeness (QED) is 0.602. The molecular weight excluding hydrogens is 345 g/mol. The van der Waals surface area contributed by atoms with Crippen LogP contribution in [0.5, 0.6) is 0 Å².